The van der Waals surface area contributed by atoms with Crippen LogP contribution in [0.3, 0.4) is 0 Å². The molecule has 0 radical (unpaired) electrons. The van der Waals surface area contributed by atoms with E-state index in [1.165, 1.54) is 12.1 Å². The van der Waals surface area contributed by atoms with Gasteiger partial charge in [-0.15, -0.1) is 0 Å². The van der Waals surface area contributed by atoms with Gasteiger partial charge >= 0.3 is 5.51 Å². The van der Waals surface area contributed by atoms with Gasteiger partial charge in [0.05, 0.1) is 0 Å². The van der Waals surface area contributed by atoms with Crippen LogP contribution in [0.5, 0.6) is 0 Å². The zero-order valence-corrected chi connectivity index (χ0v) is 9.18. The van der Waals surface area contributed by atoms with Crippen LogP contribution in [0.15, 0.2) is 29.2 Å². The first-order valence-electron chi connectivity index (χ1n) is 4.64. The Morgan fingerprint density at radius 2 is 1.81 bits per heavy atom. The van der Waals surface area contributed by atoms with E-state index in [-0.39, 0.29) is 29.3 Å². The standard InChI is InChI=1S/C10H12F3NOS/c11-10(12,13)16-8-3-1-7(2-4-8)9(14)5-6-15/h1-4,9,15H,5-6,14H2. The Morgan fingerprint density at radius 3 is 2.25 bits per heavy atom. The summed E-state index contributed by atoms with van der Waals surface area (Å²) >= 11 is -0.156. The summed E-state index contributed by atoms with van der Waals surface area (Å²) in [5, 5.41) is 8.67. The molecule has 0 aliphatic rings. The van der Waals surface area contributed by atoms with Crippen LogP contribution in [0.4, 0.5) is 13.2 Å². The van der Waals surface area contributed by atoms with Crippen molar-refractivity contribution in [3.63, 3.8) is 0 Å². The largest absolute Gasteiger partial charge is 0.446 e. The van der Waals surface area contributed by atoms with E-state index in [4.69, 9.17) is 10.8 Å². The Bertz CT molecular complexity index is 326. The van der Waals surface area contributed by atoms with Gasteiger partial charge in [-0.25, -0.2) is 0 Å². The SMILES string of the molecule is NC(CCO)c1ccc(SC(F)(F)F)cc1. The summed E-state index contributed by atoms with van der Waals surface area (Å²) < 4.78 is 36.1. The van der Waals surface area contributed by atoms with Crippen LogP contribution >= 0.6 is 11.8 Å². The molecule has 1 atom stereocenters. The quantitative estimate of drug-likeness (QED) is 0.809. The topological polar surface area (TPSA) is 46.2 Å². The minimum Gasteiger partial charge on any atom is -0.396 e. The highest BCUT2D eigenvalue weighted by molar-refractivity contribution is 8.00. The van der Waals surface area contributed by atoms with Crippen molar-refractivity contribution >= 4 is 11.8 Å². The number of hydrogen-bond donors (Lipinski definition) is 2. The first-order valence-corrected chi connectivity index (χ1v) is 5.46. The van der Waals surface area contributed by atoms with Crippen LogP contribution in [0.2, 0.25) is 0 Å². The van der Waals surface area contributed by atoms with Gasteiger partial charge in [0, 0.05) is 17.5 Å². The van der Waals surface area contributed by atoms with Crippen molar-refractivity contribution in [2.45, 2.75) is 22.9 Å². The third kappa shape index (κ3) is 4.42. The number of aliphatic hydroxyl groups excluding tert-OH is 1. The summed E-state index contributed by atoms with van der Waals surface area (Å²) in [7, 11) is 0. The minimum atomic E-state index is -4.27. The van der Waals surface area contributed by atoms with Gasteiger partial charge in [-0.05, 0) is 35.9 Å². The molecule has 1 aromatic carbocycles. The second-order valence-electron chi connectivity index (χ2n) is 3.24. The number of nitrogens with two attached hydrogens (primary N) is 1. The highest BCUT2D eigenvalue weighted by Gasteiger charge is 2.29. The summed E-state index contributed by atoms with van der Waals surface area (Å²) in [5.74, 6) is 0. The number of rotatable bonds is 4. The monoisotopic (exact) mass is 251 g/mol. The zero-order chi connectivity index (χ0) is 12.2. The van der Waals surface area contributed by atoms with E-state index in [2.05, 4.69) is 0 Å². The lowest BCUT2D eigenvalue weighted by Gasteiger charge is -2.11. The van der Waals surface area contributed by atoms with Crippen molar-refractivity contribution in [1.29, 1.82) is 0 Å². The molecule has 0 fully saturated rings. The average Bonchev–Trinajstić information content (AvgIpc) is 2.16. The van der Waals surface area contributed by atoms with Crippen molar-refractivity contribution in [2.75, 3.05) is 6.61 Å². The smallest absolute Gasteiger partial charge is 0.396 e. The third-order valence-electron chi connectivity index (χ3n) is 1.98. The maximum absolute atomic E-state index is 12.0. The molecule has 90 valence electrons. The van der Waals surface area contributed by atoms with Gasteiger partial charge in [0.25, 0.3) is 0 Å². The molecule has 16 heavy (non-hydrogen) atoms. The van der Waals surface area contributed by atoms with Gasteiger partial charge in [0.2, 0.25) is 0 Å². The molecule has 0 aliphatic carbocycles. The second kappa shape index (κ2) is 5.56. The molecular weight excluding hydrogens is 239 g/mol. The van der Waals surface area contributed by atoms with Crippen molar-refractivity contribution in [1.82, 2.24) is 0 Å². The number of alkyl halides is 3. The van der Waals surface area contributed by atoms with Crippen molar-refractivity contribution in [3.05, 3.63) is 29.8 Å². The Morgan fingerprint density at radius 1 is 1.25 bits per heavy atom. The molecule has 0 heterocycles. The van der Waals surface area contributed by atoms with Crippen molar-refractivity contribution in [2.24, 2.45) is 5.73 Å². The summed E-state index contributed by atoms with van der Waals surface area (Å²) in [6.07, 6.45) is 0.395. The number of benzene rings is 1. The van der Waals surface area contributed by atoms with Gasteiger partial charge in [-0.3, -0.25) is 0 Å². The van der Waals surface area contributed by atoms with E-state index >= 15 is 0 Å². The van der Waals surface area contributed by atoms with Gasteiger partial charge in [0.15, 0.2) is 0 Å². The van der Waals surface area contributed by atoms with Crippen LogP contribution in [-0.2, 0) is 0 Å². The highest BCUT2D eigenvalue weighted by atomic mass is 32.2. The molecule has 0 saturated heterocycles. The molecule has 3 N–H and O–H groups in total. The number of aliphatic hydroxyl groups is 1. The van der Waals surface area contributed by atoms with Crippen LogP contribution in [0.25, 0.3) is 0 Å². The van der Waals surface area contributed by atoms with Gasteiger partial charge in [-0.1, -0.05) is 12.1 Å². The van der Waals surface area contributed by atoms with E-state index in [0.717, 1.165) is 5.56 Å². The van der Waals surface area contributed by atoms with Crippen molar-refractivity contribution in [3.8, 4) is 0 Å². The first-order chi connectivity index (χ1) is 7.42. The molecule has 0 bridgehead atoms. The minimum absolute atomic E-state index is 0.0414. The number of halogens is 3. The predicted octanol–water partition coefficient (Wildman–Crippen LogP) is 2.68. The highest BCUT2D eigenvalue weighted by Crippen LogP contribution is 2.36. The lowest BCUT2D eigenvalue weighted by atomic mass is 10.1. The maximum atomic E-state index is 12.0. The molecule has 1 rings (SSSR count). The lowest BCUT2D eigenvalue weighted by Crippen LogP contribution is -2.11. The second-order valence-corrected chi connectivity index (χ2v) is 4.37. The molecule has 1 unspecified atom stereocenters. The molecule has 0 saturated carbocycles. The molecule has 0 spiro atoms. The normalized spacial score (nSPS) is 13.8. The van der Waals surface area contributed by atoms with E-state index in [0.29, 0.717) is 6.42 Å². The summed E-state index contributed by atoms with van der Waals surface area (Å²) in [6.45, 7) is -0.0414. The fraction of sp³-hybridized carbons (Fsp3) is 0.400. The molecule has 1 aromatic rings. The molecule has 6 heteroatoms. The summed E-state index contributed by atoms with van der Waals surface area (Å²) in [4.78, 5) is 0.132. The lowest BCUT2D eigenvalue weighted by molar-refractivity contribution is -0.0328. The Hall–Kier alpha value is -0.720. The number of hydrogen-bond acceptors (Lipinski definition) is 3. The Balaban J connectivity index is 2.68. The van der Waals surface area contributed by atoms with E-state index < -0.39 is 5.51 Å². The molecule has 0 aromatic heterocycles. The Kier molecular flexibility index (Phi) is 4.64. The maximum Gasteiger partial charge on any atom is 0.446 e. The zero-order valence-electron chi connectivity index (χ0n) is 8.37. The van der Waals surface area contributed by atoms with Crippen LogP contribution in [0.1, 0.15) is 18.0 Å². The molecular formula is C10H12F3NOS. The van der Waals surface area contributed by atoms with Crippen molar-refractivity contribution < 1.29 is 18.3 Å². The Labute approximate surface area is 95.6 Å². The van der Waals surface area contributed by atoms with E-state index in [1.54, 1.807) is 12.1 Å². The molecule has 0 aliphatic heterocycles. The first kappa shape index (κ1) is 13.3. The van der Waals surface area contributed by atoms with Gasteiger partial charge < -0.3 is 10.8 Å². The number of thioether (sulfide) groups is 1. The van der Waals surface area contributed by atoms with Gasteiger partial charge in [0.1, 0.15) is 0 Å². The molecule has 0 amide bonds. The fourth-order valence-electron chi connectivity index (χ4n) is 1.22. The predicted molar refractivity (Wildman–Crippen MR) is 57.0 cm³/mol. The van der Waals surface area contributed by atoms with E-state index in [1.807, 2.05) is 0 Å². The van der Waals surface area contributed by atoms with Crippen LogP contribution in [-0.4, -0.2) is 17.2 Å². The van der Waals surface area contributed by atoms with Crippen LogP contribution < -0.4 is 5.73 Å². The molecule has 2 nitrogen and oxygen atoms in total. The average molecular weight is 251 g/mol. The fourth-order valence-corrected chi connectivity index (χ4v) is 1.76. The third-order valence-corrected chi connectivity index (χ3v) is 2.72. The summed E-state index contributed by atoms with van der Waals surface area (Å²) in [6, 6.07) is 5.52. The van der Waals surface area contributed by atoms with Crippen LogP contribution in [0, 0.1) is 0 Å². The van der Waals surface area contributed by atoms with Gasteiger partial charge in [-0.2, -0.15) is 13.2 Å². The van der Waals surface area contributed by atoms with E-state index in [9.17, 15) is 13.2 Å². The summed E-state index contributed by atoms with van der Waals surface area (Å²) in [5.41, 5.74) is 2.15.